The summed E-state index contributed by atoms with van der Waals surface area (Å²) in [5.41, 5.74) is 0.588. The first kappa shape index (κ1) is 17.4. The lowest BCUT2D eigenvalue weighted by molar-refractivity contribution is -0.131. The number of hydrogen-bond acceptors (Lipinski definition) is 5. The maximum atomic E-state index is 12.3. The minimum atomic E-state index is -0.0387. The van der Waals surface area contributed by atoms with Gasteiger partial charge in [-0.15, -0.1) is 5.10 Å². The number of benzene rings is 1. The maximum absolute atomic E-state index is 12.3. The summed E-state index contributed by atoms with van der Waals surface area (Å²) in [4.78, 5) is 28.4. The topological polar surface area (TPSA) is 66.4 Å². The van der Waals surface area contributed by atoms with E-state index in [2.05, 4.69) is 15.1 Å². The Bertz CT molecular complexity index is 729. The Kier molecular flexibility index (Phi) is 5.60. The fraction of sp³-hybridized carbons (Fsp3) is 0.333. The molecule has 0 spiro atoms. The van der Waals surface area contributed by atoms with Crippen LogP contribution in [0.5, 0.6) is 0 Å². The summed E-state index contributed by atoms with van der Waals surface area (Å²) in [7, 11) is 0. The number of halogens is 1. The lowest BCUT2D eigenvalue weighted by Gasteiger charge is -2.35. The molecular weight excluding hydrogens is 340 g/mol. The van der Waals surface area contributed by atoms with Gasteiger partial charge in [-0.25, -0.2) is 0 Å². The Labute approximate surface area is 151 Å². The van der Waals surface area contributed by atoms with Gasteiger partial charge in [-0.1, -0.05) is 11.6 Å². The third kappa shape index (κ3) is 4.54. The molecule has 1 fully saturated rings. The van der Waals surface area contributed by atoms with Crippen molar-refractivity contribution >= 4 is 29.1 Å². The monoisotopic (exact) mass is 358 g/mol. The van der Waals surface area contributed by atoms with Gasteiger partial charge in [0.25, 0.3) is 0 Å². The number of rotatable bonds is 5. The van der Waals surface area contributed by atoms with Gasteiger partial charge in [-0.05, 0) is 36.4 Å². The lowest BCUT2D eigenvalue weighted by Crippen LogP contribution is -2.49. The predicted molar refractivity (Wildman–Crippen MR) is 95.8 cm³/mol. The van der Waals surface area contributed by atoms with Crippen molar-refractivity contribution in [2.45, 2.75) is 12.8 Å². The summed E-state index contributed by atoms with van der Waals surface area (Å²) in [6, 6.07) is 10.5. The van der Waals surface area contributed by atoms with E-state index in [9.17, 15) is 9.59 Å². The Balaban J connectivity index is 1.46. The van der Waals surface area contributed by atoms with Crippen LogP contribution in [0.3, 0.4) is 0 Å². The van der Waals surface area contributed by atoms with E-state index in [1.54, 1.807) is 30.5 Å². The molecule has 1 aromatic carbocycles. The van der Waals surface area contributed by atoms with Crippen molar-refractivity contribution in [3.05, 3.63) is 53.2 Å². The molecule has 1 amide bonds. The molecule has 1 aliphatic heterocycles. The number of piperazine rings is 1. The lowest BCUT2D eigenvalue weighted by atomic mass is 10.1. The number of hydrogen-bond donors (Lipinski definition) is 0. The standard InChI is InChI=1S/C18H19ClN4O2/c19-15-5-3-14(4-6-15)16(24)7-8-18(25)23-12-10-22(11-13-23)17-2-1-9-20-21-17/h1-6,9H,7-8,10-13H2. The van der Waals surface area contributed by atoms with Gasteiger partial charge in [0.05, 0.1) is 0 Å². The Morgan fingerprint density at radius 1 is 1.00 bits per heavy atom. The first-order valence-corrected chi connectivity index (χ1v) is 8.60. The minimum Gasteiger partial charge on any atom is -0.352 e. The van der Waals surface area contributed by atoms with Gasteiger partial charge < -0.3 is 9.80 Å². The molecule has 0 aliphatic carbocycles. The summed E-state index contributed by atoms with van der Waals surface area (Å²) in [5, 5.41) is 8.56. The molecule has 6 nitrogen and oxygen atoms in total. The number of nitrogens with zero attached hydrogens (tertiary/aromatic N) is 4. The third-order valence-corrected chi connectivity index (χ3v) is 4.50. The van der Waals surface area contributed by atoms with E-state index in [4.69, 9.17) is 11.6 Å². The minimum absolute atomic E-state index is 0.0149. The molecule has 0 saturated carbocycles. The predicted octanol–water partition coefficient (Wildman–Crippen LogP) is 2.44. The number of amides is 1. The van der Waals surface area contributed by atoms with Crippen LogP contribution in [0.1, 0.15) is 23.2 Å². The molecule has 2 heterocycles. The van der Waals surface area contributed by atoms with Crippen LogP contribution >= 0.6 is 11.6 Å². The summed E-state index contributed by atoms with van der Waals surface area (Å²) < 4.78 is 0. The number of carbonyl (C=O) groups excluding carboxylic acids is 2. The van der Waals surface area contributed by atoms with Crippen molar-refractivity contribution in [1.29, 1.82) is 0 Å². The van der Waals surface area contributed by atoms with Gasteiger partial charge in [-0.2, -0.15) is 5.10 Å². The fourth-order valence-electron chi connectivity index (χ4n) is 2.81. The molecular formula is C18H19ClN4O2. The second-order valence-corrected chi connectivity index (χ2v) is 6.32. The van der Waals surface area contributed by atoms with Crippen molar-refractivity contribution in [3.8, 4) is 0 Å². The molecule has 3 rings (SSSR count). The highest BCUT2D eigenvalue weighted by atomic mass is 35.5. The second kappa shape index (κ2) is 8.07. The van der Waals surface area contributed by atoms with E-state index in [1.165, 1.54) is 0 Å². The van der Waals surface area contributed by atoms with Crippen LogP contribution in [0.4, 0.5) is 5.82 Å². The largest absolute Gasteiger partial charge is 0.352 e. The maximum Gasteiger partial charge on any atom is 0.223 e. The fourth-order valence-corrected chi connectivity index (χ4v) is 2.93. The number of carbonyl (C=O) groups is 2. The van der Waals surface area contributed by atoms with E-state index in [-0.39, 0.29) is 24.5 Å². The molecule has 0 atom stereocenters. The van der Waals surface area contributed by atoms with Gasteiger partial charge in [0, 0.05) is 55.8 Å². The molecule has 1 aromatic heterocycles. The molecule has 7 heteroatoms. The molecule has 25 heavy (non-hydrogen) atoms. The van der Waals surface area contributed by atoms with Crippen LogP contribution in [-0.2, 0) is 4.79 Å². The van der Waals surface area contributed by atoms with Crippen molar-refractivity contribution in [3.63, 3.8) is 0 Å². The van der Waals surface area contributed by atoms with Crippen molar-refractivity contribution in [1.82, 2.24) is 15.1 Å². The molecule has 0 radical (unpaired) electrons. The van der Waals surface area contributed by atoms with E-state index in [1.807, 2.05) is 17.0 Å². The smallest absolute Gasteiger partial charge is 0.223 e. The normalized spacial score (nSPS) is 14.4. The zero-order valence-corrected chi connectivity index (χ0v) is 14.5. The number of aromatic nitrogens is 2. The van der Waals surface area contributed by atoms with Crippen LogP contribution in [0, 0.1) is 0 Å². The summed E-state index contributed by atoms with van der Waals surface area (Å²) >= 11 is 5.82. The summed E-state index contributed by atoms with van der Waals surface area (Å²) in [5.74, 6) is 0.803. The van der Waals surface area contributed by atoms with Crippen LogP contribution in [0.25, 0.3) is 0 Å². The van der Waals surface area contributed by atoms with Crippen molar-refractivity contribution < 1.29 is 9.59 Å². The molecule has 130 valence electrons. The Hall–Kier alpha value is -2.47. The average Bonchev–Trinajstić information content (AvgIpc) is 2.67. The number of anilines is 1. The summed E-state index contributed by atoms with van der Waals surface area (Å²) in [6.45, 7) is 2.69. The molecule has 0 unspecified atom stereocenters. The van der Waals surface area contributed by atoms with Crippen molar-refractivity contribution in [2.75, 3.05) is 31.1 Å². The van der Waals surface area contributed by atoms with E-state index in [0.717, 1.165) is 18.9 Å². The highest BCUT2D eigenvalue weighted by molar-refractivity contribution is 6.30. The zero-order valence-electron chi connectivity index (χ0n) is 13.8. The number of ketones is 1. The second-order valence-electron chi connectivity index (χ2n) is 5.88. The Morgan fingerprint density at radius 3 is 2.36 bits per heavy atom. The molecule has 2 aromatic rings. The first-order valence-electron chi connectivity index (χ1n) is 8.22. The highest BCUT2D eigenvalue weighted by Gasteiger charge is 2.22. The molecule has 1 saturated heterocycles. The van der Waals surface area contributed by atoms with Crippen LogP contribution < -0.4 is 4.90 Å². The average molecular weight is 359 g/mol. The molecule has 0 N–H and O–H groups in total. The van der Waals surface area contributed by atoms with Gasteiger partial charge in [0.2, 0.25) is 5.91 Å². The highest BCUT2D eigenvalue weighted by Crippen LogP contribution is 2.15. The first-order chi connectivity index (χ1) is 12.1. The van der Waals surface area contributed by atoms with Gasteiger partial charge in [-0.3, -0.25) is 9.59 Å². The SMILES string of the molecule is O=C(CCC(=O)N1CCN(c2cccnn2)CC1)c1ccc(Cl)cc1. The van der Waals surface area contributed by atoms with E-state index < -0.39 is 0 Å². The quantitative estimate of drug-likeness (QED) is 0.768. The van der Waals surface area contributed by atoms with Crippen LogP contribution in [0.15, 0.2) is 42.6 Å². The summed E-state index contributed by atoms with van der Waals surface area (Å²) in [6.07, 6.45) is 2.08. The number of Topliss-reactive ketones (excluding diaryl/α,β-unsaturated/α-hetero) is 1. The molecule has 1 aliphatic rings. The van der Waals surface area contributed by atoms with Gasteiger partial charge in [0.15, 0.2) is 11.6 Å². The molecule has 0 bridgehead atoms. The van der Waals surface area contributed by atoms with Gasteiger partial charge >= 0.3 is 0 Å². The zero-order chi connectivity index (χ0) is 17.6. The third-order valence-electron chi connectivity index (χ3n) is 4.25. The van der Waals surface area contributed by atoms with Crippen LogP contribution in [-0.4, -0.2) is 53.0 Å². The van der Waals surface area contributed by atoms with Gasteiger partial charge in [0.1, 0.15) is 0 Å². The Morgan fingerprint density at radius 2 is 1.72 bits per heavy atom. The van der Waals surface area contributed by atoms with Crippen LogP contribution in [0.2, 0.25) is 5.02 Å². The van der Waals surface area contributed by atoms with E-state index in [0.29, 0.717) is 23.7 Å². The van der Waals surface area contributed by atoms with Crippen molar-refractivity contribution in [2.24, 2.45) is 0 Å². The van der Waals surface area contributed by atoms with E-state index >= 15 is 0 Å².